The summed E-state index contributed by atoms with van der Waals surface area (Å²) in [5.41, 5.74) is 3.05. The number of nitrogens with one attached hydrogen (secondary N) is 4. The number of benzene rings is 1. The maximum Gasteiger partial charge on any atom is 0.418 e. The zero-order valence-corrected chi connectivity index (χ0v) is 28.0. The Balaban J connectivity index is 1.32. The summed E-state index contributed by atoms with van der Waals surface area (Å²) >= 11 is 0.965. The van der Waals surface area contributed by atoms with Crippen LogP contribution < -0.4 is 26.4 Å². The maximum absolute atomic E-state index is 13.4. The Labute approximate surface area is 279 Å². The molecule has 5 rings (SSSR count). The summed E-state index contributed by atoms with van der Waals surface area (Å²) < 4.78 is 41.7. The normalized spacial score (nSPS) is 24.6. The Morgan fingerprint density at radius 2 is 1.98 bits per heavy atom. The number of β-lactam (4-membered cyclic amide) rings is 1. The summed E-state index contributed by atoms with van der Waals surface area (Å²) in [5.74, 6) is -2.75. The van der Waals surface area contributed by atoms with Crippen LogP contribution in [0.25, 0.3) is 0 Å². The van der Waals surface area contributed by atoms with E-state index in [9.17, 15) is 27.9 Å². The Morgan fingerprint density at radius 1 is 1.27 bits per heavy atom. The van der Waals surface area contributed by atoms with Crippen molar-refractivity contribution in [3.63, 3.8) is 0 Å². The number of ether oxygens (including phenoxy) is 1. The number of aryl methyl sites for hydroxylation is 1. The number of hydrogen-bond acceptors (Lipinski definition) is 14. The van der Waals surface area contributed by atoms with Gasteiger partial charge in [-0.2, -0.15) is 13.5 Å². The molecule has 0 bridgehead atoms. The molecule has 3 heterocycles. The van der Waals surface area contributed by atoms with Gasteiger partial charge in [0.2, 0.25) is 0 Å². The molecule has 1 aliphatic carbocycles. The van der Waals surface area contributed by atoms with Gasteiger partial charge in [-0.25, -0.2) is 9.78 Å². The predicted octanol–water partition coefficient (Wildman–Crippen LogP) is 0.188. The number of carbonyl (C=O) groups is 3. The van der Waals surface area contributed by atoms with E-state index in [1.165, 1.54) is 26.2 Å². The van der Waals surface area contributed by atoms with Crippen LogP contribution in [-0.4, -0.2) is 99.9 Å². The number of carbonyl (C=O) groups excluding carboxylic acids is 2. The van der Waals surface area contributed by atoms with Crippen LogP contribution in [0.4, 0.5) is 5.13 Å². The molecule has 18 nitrogen and oxygen atoms in total. The number of hydroxylamine groups is 2. The first-order valence-corrected chi connectivity index (χ1v) is 17.0. The number of amidine groups is 1. The number of nitrogens with zero attached hydrogens (tertiary/aromatic N) is 3. The number of aromatic nitrogens is 1. The highest BCUT2D eigenvalue weighted by molar-refractivity contribution is 7.80. The molecule has 260 valence electrons. The molecular formula is C28H36N8O10S2. The van der Waals surface area contributed by atoms with Gasteiger partial charge < -0.3 is 36.4 Å². The van der Waals surface area contributed by atoms with Crippen molar-refractivity contribution in [2.24, 2.45) is 5.16 Å². The van der Waals surface area contributed by atoms with Crippen molar-refractivity contribution in [2.75, 3.05) is 12.8 Å². The van der Waals surface area contributed by atoms with E-state index in [0.717, 1.165) is 29.7 Å². The second-order valence-corrected chi connectivity index (χ2v) is 14.2. The van der Waals surface area contributed by atoms with E-state index in [0.29, 0.717) is 28.8 Å². The number of thiazole rings is 1. The fraction of sp³-hybridized carbons (Fsp3) is 0.500. The van der Waals surface area contributed by atoms with Crippen molar-refractivity contribution >= 4 is 56.2 Å². The third kappa shape index (κ3) is 6.92. The van der Waals surface area contributed by atoms with Gasteiger partial charge in [-0.1, -0.05) is 5.16 Å². The van der Waals surface area contributed by atoms with E-state index < -0.39 is 57.2 Å². The first kappa shape index (κ1) is 35.0. The third-order valence-corrected chi connectivity index (χ3v) is 9.67. The van der Waals surface area contributed by atoms with Gasteiger partial charge in [-0.3, -0.25) is 19.6 Å². The van der Waals surface area contributed by atoms with Crippen LogP contribution >= 0.6 is 11.3 Å². The Hall–Kier alpha value is -4.37. The van der Waals surface area contributed by atoms with Crippen molar-refractivity contribution in [3.05, 3.63) is 40.4 Å². The second kappa shape index (κ2) is 12.9. The summed E-state index contributed by atoms with van der Waals surface area (Å²) in [6, 6.07) is 4.51. The minimum Gasteiger partial charge on any atom is -0.485 e. The van der Waals surface area contributed by atoms with Crippen molar-refractivity contribution in [1.29, 1.82) is 5.41 Å². The monoisotopic (exact) mass is 708 g/mol. The number of nitrogen functional groups attached to an aromatic ring is 1. The summed E-state index contributed by atoms with van der Waals surface area (Å²) in [7, 11) is -3.12. The lowest BCUT2D eigenvalue weighted by Gasteiger charge is -2.50. The number of carboxylic acids is 1. The smallest absolute Gasteiger partial charge is 0.418 e. The molecule has 0 radical (unpaired) electrons. The molecule has 1 saturated carbocycles. The fourth-order valence-electron chi connectivity index (χ4n) is 5.59. The number of carboxylic acid groups (broad SMARTS) is 1. The zero-order valence-electron chi connectivity index (χ0n) is 26.3. The number of aliphatic carboxylic acids is 1. The Bertz CT molecular complexity index is 1770. The topological polar surface area (TPSA) is 268 Å². The molecule has 1 aromatic carbocycles. The average molecular weight is 709 g/mol. The van der Waals surface area contributed by atoms with E-state index in [1.54, 1.807) is 12.1 Å². The molecule has 48 heavy (non-hydrogen) atoms. The molecule has 2 aliphatic heterocycles. The first-order chi connectivity index (χ1) is 22.4. The Morgan fingerprint density at radius 3 is 2.56 bits per heavy atom. The van der Waals surface area contributed by atoms with Crippen molar-refractivity contribution in [2.45, 2.75) is 81.8 Å². The molecule has 2 fully saturated rings. The van der Waals surface area contributed by atoms with Gasteiger partial charge in [0, 0.05) is 23.0 Å². The fourth-order valence-corrected chi connectivity index (χ4v) is 6.59. The van der Waals surface area contributed by atoms with E-state index in [4.69, 9.17) is 25.3 Å². The van der Waals surface area contributed by atoms with Crippen LogP contribution in [-0.2, 0) is 40.3 Å². The van der Waals surface area contributed by atoms with E-state index >= 15 is 0 Å². The molecular weight excluding hydrogens is 672 g/mol. The molecule has 20 heteroatoms. The minimum atomic E-state index is -5.03. The number of amides is 2. The van der Waals surface area contributed by atoms with Gasteiger partial charge >= 0.3 is 16.4 Å². The largest absolute Gasteiger partial charge is 0.485 e. The quantitative estimate of drug-likeness (QED) is 0.0510. The van der Waals surface area contributed by atoms with Gasteiger partial charge in [0.25, 0.3) is 17.4 Å². The highest BCUT2D eigenvalue weighted by Crippen LogP contribution is 2.35. The van der Waals surface area contributed by atoms with Crippen LogP contribution in [0.15, 0.2) is 28.7 Å². The van der Waals surface area contributed by atoms with Gasteiger partial charge in [0.1, 0.15) is 23.3 Å². The molecule has 1 unspecified atom stereocenters. The van der Waals surface area contributed by atoms with Gasteiger partial charge in [0.15, 0.2) is 16.9 Å². The second-order valence-electron chi connectivity index (χ2n) is 12.4. The minimum absolute atomic E-state index is 0.0593. The highest BCUT2D eigenvalue weighted by atomic mass is 32.3. The standard InChI is InChI=1S/C28H36N8O10S2/c1-27(2)21(24(38)36(27)46-48(41,42)43)34-23(37)20(17-12-47-26(30)33-17)35-45-28(3,25(39)40)19-8-6-13-9-14(5-7-18(13)44-19)22(29)32-16-10-15(11-16)31-4/h5,7,9,12,15-16,19,21,31H,6,8,10-11H2,1-4H3,(H2,29,32)(H2,30,33)(H,34,37)(H,39,40)(H,41,42,43)/b35-20-/t15-,16+,19-,21-,28?/m1/s1. The lowest BCUT2D eigenvalue weighted by atomic mass is 9.84. The Kier molecular flexibility index (Phi) is 9.40. The average Bonchev–Trinajstić information content (AvgIpc) is 3.44. The molecule has 3 aliphatic rings. The molecule has 2 aromatic rings. The number of oxime groups is 1. The SMILES string of the molecule is CN[C@H]1C[C@@H](NC(=N)c2ccc3c(c2)CC[C@H](C(C)(O/N=C(\C(=O)N[C@@H]2C(=O)N(OS(=O)(=O)O)C2(C)C)c2csc(N)n2)C(=O)O)O3)C1. The molecule has 1 saturated heterocycles. The summed E-state index contributed by atoms with van der Waals surface area (Å²) in [4.78, 5) is 48.3. The van der Waals surface area contributed by atoms with Crippen LogP contribution in [0.3, 0.4) is 0 Å². The number of fused-ring (bicyclic) bond motifs is 1. The van der Waals surface area contributed by atoms with Gasteiger partial charge in [-0.15, -0.1) is 15.6 Å². The summed E-state index contributed by atoms with van der Waals surface area (Å²) in [6.07, 6.45) is 1.38. The van der Waals surface area contributed by atoms with Crippen LogP contribution in [0, 0.1) is 5.41 Å². The lowest BCUT2D eigenvalue weighted by molar-refractivity contribution is -0.218. The molecule has 1 aromatic heterocycles. The van der Waals surface area contributed by atoms with Crippen LogP contribution in [0.1, 0.15) is 56.9 Å². The van der Waals surface area contributed by atoms with Crippen molar-refractivity contribution < 1.29 is 46.3 Å². The number of hydrogen-bond donors (Lipinski definition) is 7. The summed E-state index contributed by atoms with van der Waals surface area (Å²) in [6.45, 7) is 3.98. The van der Waals surface area contributed by atoms with E-state index in [1.807, 2.05) is 13.1 Å². The van der Waals surface area contributed by atoms with Crippen LogP contribution in [0.5, 0.6) is 5.75 Å². The third-order valence-electron chi connectivity index (χ3n) is 8.66. The molecule has 8 N–H and O–H groups in total. The summed E-state index contributed by atoms with van der Waals surface area (Å²) in [5, 5.41) is 33.3. The molecule has 3 atom stereocenters. The first-order valence-electron chi connectivity index (χ1n) is 14.8. The van der Waals surface area contributed by atoms with Gasteiger partial charge in [-0.05, 0) is 77.3 Å². The molecule has 0 spiro atoms. The predicted molar refractivity (Wildman–Crippen MR) is 171 cm³/mol. The molecule has 2 amide bonds. The van der Waals surface area contributed by atoms with E-state index in [-0.39, 0.29) is 29.1 Å². The number of rotatable bonds is 12. The number of nitrogens with two attached hydrogens (primary N) is 1. The lowest BCUT2D eigenvalue weighted by Crippen LogP contribution is -2.76. The van der Waals surface area contributed by atoms with Crippen LogP contribution in [0.2, 0.25) is 0 Å². The van der Waals surface area contributed by atoms with Crippen molar-refractivity contribution in [1.82, 2.24) is 26.0 Å². The number of anilines is 1. The zero-order chi connectivity index (χ0) is 35.2. The van der Waals surface area contributed by atoms with E-state index in [2.05, 4.69) is 30.4 Å². The maximum atomic E-state index is 13.4. The highest BCUT2D eigenvalue weighted by Gasteiger charge is 2.58. The van der Waals surface area contributed by atoms with Crippen molar-refractivity contribution in [3.8, 4) is 5.75 Å². The van der Waals surface area contributed by atoms with Gasteiger partial charge in [0.05, 0.1) is 5.54 Å².